The molecule has 0 unspecified atom stereocenters. The Morgan fingerprint density at radius 2 is 1.94 bits per heavy atom. The first-order valence-corrected chi connectivity index (χ1v) is 6.43. The largest absolute Gasteiger partial charge is 0.496 e. The molecule has 0 radical (unpaired) electrons. The summed E-state index contributed by atoms with van der Waals surface area (Å²) in [5.74, 6) is 1.72. The van der Waals surface area contributed by atoms with Crippen molar-refractivity contribution in [3.05, 3.63) is 46.1 Å². The normalized spacial score (nSPS) is 10.2. The molecule has 0 saturated heterocycles. The van der Waals surface area contributed by atoms with Gasteiger partial charge < -0.3 is 10.1 Å². The third-order valence-corrected chi connectivity index (χ3v) is 3.54. The van der Waals surface area contributed by atoms with E-state index in [-0.39, 0.29) is 0 Å². The Morgan fingerprint density at radius 1 is 1.17 bits per heavy atom. The van der Waals surface area contributed by atoms with Crippen LogP contribution in [0.25, 0.3) is 0 Å². The molecule has 0 amide bonds. The molecule has 0 bridgehead atoms. The SMILES string of the molecule is COc1ccc(Nc2cc(C)c(Br)cn2)cc1C. The van der Waals surface area contributed by atoms with E-state index in [1.165, 1.54) is 0 Å². The summed E-state index contributed by atoms with van der Waals surface area (Å²) in [6, 6.07) is 7.97. The van der Waals surface area contributed by atoms with Gasteiger partial charge in [-0.3, -0.25) is 0 Å². The van der Waals surface area contributed by atoms with Crippen LogP contribution in [0.3, 0.4) is 0 Å². The van der Waals surface area contributed by atoms with Crippen LogP contribution in [0, 0.1) is 13.8 Å². The van der Waals surface area contributed by atoms with Crippen molar-refractivity contribution < 1.29 is 4.74 Å². The standard InChI is InChI=1S/C14H15BrN2O/c1-9-7-14(16-8-12(9)15)17-11-4-5-13(18-3)10(2)6-11/h4-8H,1-3H3,(H,16,17). The van der Waals surface area contributed by atoms with Gasteiger partial charge in [0.05, 0.1) is 7.11 Å². The monoisotopic (exact) mass is 306 g/mol. The molecule has 18 heavy (non-hydrogen) atoms. The summed E-state index contributed by atoms with van der Waals surface area (Å²) < 4.78 is 6.25. The third-order valence-electron chi connectivity index (χ3n) is 2.71. The van der Waals surface area contributed by atoms with E-state index < -0.39 is 0 Å². The molecule has 0 aliphatic carbocycles. The lowest BCUT2D eigenvalue weighted by Crippen LogP contribution is -1.95. The number of benzene rings is 1. The number of methoxy groups -OCH3 is 1. The van der Waals surface area contributed by atoms with Gasteiger partial charge in [0.1, 0.15) is 11.6 Å². The highest BCUT2D eigenvalue weighted by Crippen LogP contribution is 2.24. The molecule has 0 spiro atoms. The number of aryl methyl sites for hydroxylation is 2. The molecule has 1 aromatic carbocycles. The molecule has 94 valence electrons. The van der Waals surface area contributed by atoms with Crippen molar-refractivity contribution >= 4 is 27.4 Å². The van der Waals surface area contributed by atoms with Gasteiger partial charge >= 0.3 is 0 Å². The first-order valence-electron chi connectivity index (χ1n) is 5.64. The summed E-state index contributed by atoms with van der Waals surface area (Å²) in [6.45, 7) is 4.06. The van der Waals surface area contributed by atoms with Crippen LogP contribution in [-0.4, -0.2) is 12.1 Å². The van der Waals surface area contributed by atoms with Gasteiger partial charge in [0.15, 0.2) is 0 Å². The van der Waals surface area contributed by atoms with E-state index in [0.717, 1.165) is 32.9 Å². The number of rotatable bonds is 3. The quantitative estimate of drug-likeness (QED) is 0.922. The maximum Gasteiger partial charge on any atom is 0.130 e. The Kier molecular flexibility index (Phi) is 3.87. The van der Waals surface area contributed by atoms with Crippen molar-refractivity contribution in [2.24, 2.45) is 0 Å². The summed E-state index contributed by atoms with van der Waals surface area (Å²) in [5, 5.41) is 3.28. The van der Waals surface area contributed by atoms with Crippen LogP contribution in [0.5, 0.6) is 5.75 Å². The first-order chi connectivity index (χ1) is 8.60. The number of nitrogens with zero attached hydrogens (tertiary/aromatic N) is 1. The summed E-state index contributed by atoms with van der Waals surface area (Å²) in [4.78, 5) is 4.32. The lowest BCUT2D eigenvalue weighted by Gasteiger charge is -2.10. The average Bonchev–Trinajstić information content (AvgIpc) is 2.34. The van der Waals surface area contributed by atoms with Gasteiger partial charge in [0, 0.05) is 16.4 Å². The average molecular weight is 307 g/mol. The molecule has 4 heteroatoms. The second-order valence-electron chi connectivity index (χ2n) is 4.13. The van der Waals surface area contributed by atoms with E-state index in [9.17, 15) is 0 Å². The fourth-order valence-corrected chi connectivity index (χ4v) is 1.93. The van der Waals surface area contributed by atoms with Gasteiger partial charge in [-0.15, -0.1) is 0 Å². The van der Waals surface area contributed by atoms with Gasteiger partial charge in [-0.05, 0) is 65.2 Å². The summed E-state index contributed by atoms with van der Waals surface area (Å²) in [5.41, 5.74) is 3.25. The molecule has 0 fully saturated rings. The Morgan fingerprint density at radius 3 is 2.56 bits per heavy atom. The minimum absolute atomic E-state index is 0.834. The van der Waals surface area contributed by atoms with Crippen molar-refractivity contribution in [2.45, 2.75) is 13.8 Å². The van der Waals surface area contributed by atoms with E-state index in [0.29, 0.717) is 0 Å². The predicted octanol–water partition coefficient (Wildman–Crippen LogP) is 4.21. The molecular weight excluding hydrogens is 292 g/mol. The number of aromatic nitrogens is 1. The zero-order chi connectivity index (χ0) is 13.1. The van der Waals surface area contributed by atoms with Crippen LogP contribution in [0.4, 0.5) is 11.5 Å². The number of hydrogen-bond acceptors (Lipinski definition) is 3. The zero-order valence-electron chi connectivity index (χ0n) is 10.6. The van der Waals surface area contributed by atoms with Crippen LogP contribution in [0.2, 0.25) is 0 Å². The number of ether oxygens (including phenoxy) is 1. The van der Waals surface area contributed by atoms with E-state index in [2.05, 4.69) is 26.2 Å². The number of nitrogens with one attached hydrogen (secondary N) is 1. The van der Waals surface area contributed by atoms with Crippen LogP contribution in [0.1, 0.15) is 11.1 Å². The Labute approximate surface area is 115 Å². The van der Waals surface area contributed by atoms with Crippen molar-refractivity contribution in [3.63, 3.8) is 0 Å². The number of pyridine rings is 1. The molecule has 1 aromatic heterocycles. The second-order valence-corrected chi connectivity index (χ2v) is 4.98. The Balaban J connectivity index is 2.23. The third kappa shape index (κ3) is 2.82. The minimum atomic E-state index is 0.834. The van der Waals surface area contributed by atoms with E-state index >= 15 is 0 Å². The highest BCUT2D eigenvalue weighted by Gasteiger charge is 2.02. The molecule has 1 N–H and O–H groups in total. The summed E-state index contributed by atoms with van der Waals surface area (Å²) >= 11 is 3.44. The molecule has 2 aromatic rings. The fraction of sp³-hybridized carbons (Fsp3) is 0.214. The van der Waals surface area contributed by atoms with Crippen molar-refractivity contribution in [1.82, 2.24) is 4.98 Å². The minimum Gasteiger partial charge on any atom is -0.496 e. The summed E-state index contributed by atoms with van der Waals surface area (Å²) in [6.07, 6.45) is 1.80. The van der Waals surface area contributed by atoms with Gasteiger partial charge in [0.25, 0.3) is 0 Å². The van der Waals surface area contributed by atoms with E-state index in [4.69, 9.17) is 4.74 Å². The maximum atomic E-state index is 5.24. The topological polar surface area (TPSA) is 34.1 Å². The van der Waals surface area contributed by atoms with Crippen LogP contribution < -0.4 is 10.1 Å². The molecule has 3 nitrogen and oxygen atoms in total. The van der Waals surface area contributed by atoms with Gasteiger partial charge in [-0.2, -0.15) is 0 Å². The number of hydrogen-bond donors (Lipinski definition) is 1. The lowest BCUT2D eigenvalue weighted by atomic mass is 10.2. The Bertz CT molecular complexity index is 570. The zero-order valence-corrected chi connectivity index (χ0v) is 12.2. The van der Waals surface area contributed by atoms with Crippen molar-refractivity contribution in [3.8, 4) is 5.75 Å². The van der Waals surface area contributed by atoms with Crippen LogP contribution in [-0.2, 0) is 0 Å². The number of anilines is 2. The molecule has 0 aliphatic rings. The van der Waals surface area contributed by atoms with Crippen molar-refractivity contribution in [1.29, 1.82) is 0 Å². The van der Waals surface area contributed by atoms with Gasteiger partial charge in [0.2, 0.25) is 0 Å². The van der Waals surface area contributed by atoms with Crippen LogP contribution >= 0.6 is 15.9 Å². The van der Waals surface area contributed by atoms with Gasteiger partial charge in [-0.25, -0.2) is 4.98 Å². The lowest BCUT2D eigenvalue weighted by molar-refractivity contribution is 0.412. The van der Waals surface area contributed by atoms with Gasteiger partial charge in [-0.1, -0.05) is 0 Å². The highest BCUT2D eigenvalue weighted by molar-refractivity contribution is 9.10. The van der Waals surface area contributed by atoms with Crippen molar-refractivity contribution in [2.75, 3.05) is 12.4 Å². The molecule has 0 atom stereocenters. The van der Waals surface area contributed by atoms with Crippen LogP contribution in [0.15, 0.2) is 34.9 Å². The molecule has 2 rings (SSSR count). The highest BCUT2D eigenvalue weighted by atomic mass is 79.9. The molecule has 0 aliphatic heterocycles. The second kappa shape index (κ2) is 5.40. The predicted molar refractivity (Wildman–Crippen MR) is 77.7 cm³/mol. The Hall–Kier alpha value is -1.55. The summed E-state index contributed by atoms with van der Waals surface area (Å²) in [7, 11) is 1.68. The number of halogens is 1. The molecular formula is C14H15BrN2O. The first kappa shape index (κ1) is 12.9. The van der Waals surface area contributed by atoms with E-state index in [1.807, 2.05) is 38.1 Å². The van der Waals surface area contributed by atoms with E-state index in [1.54, 1.807) is 13.3 Å². The molecule has 0 saturated carbocycles. The fourth-order valence-electron chi connectivity index (χ4n) is 1.71. The molecule has 1 heterocycles. The maximum absolute atomic E-state index is 5.24. The smallest absolute Gasteiger partial charge is 0.130 e.